The first kappa shape index (κ1) is 18.5. The van der Waals surface area contributed by atoms with Crippen molar-refractivity contribution in [1.29, 1.82) is 0 Å². The molecule has 4 nitrogen and oxygen atoms in total. The normalized spacial score (nSPS) is 28.6. The lowest BCUT2D eigenvalue weighted by Gasteiger charge is -2.48. The zero-order valence-corrected chi connectivity index (χ0v) is 16.3. The van der Waals surface area contributed by atoms with Crippen molar-refractivity contribution in [2.24, 2.45) is 11.8 Å². The Morgan fingerprint density at radius 2 is 1.96 bits per heavy atom. The Balaban J connectivity index is 1.28. The molecule has 0 aromatic heterocycles. The van der Waals surface area contributed by atoms with Crippen molar-refractivity contribution >= 4 is 5.91 Å². The molecule has 0 bridgehead atoms. The second kappa shape index (κ2) is 8.92. The summed E-state index contributed by atoms with van der Waals surface area (Å²) in [6.45, 7) is 4.42. The number of carbonyl (C=O) groups excluding carboxylic acids is 1. The number of hydrogen-bond donors (Lipinski definition) is 0. The monoisotopic (exact) mass is 368 g/mol. The lowest BCUT2D eigenvalue weighted by atomic mass is 9.82. The van der Waals surface area contributed by atoms with Crippen molar-refractivity contribution in [3.63, 3.8) is 0 Å². The van der Waals surface area contributed by atoms with E-state index in [0.29, 0.717) is 12.0 Å². The van der Waals surface area contributed by atoms with Crippen LogP contribution in [0.1, 0.15) is 38.5 Å². The smallest absolute Gasteiger partial charge is 0.260 e. The number of amides is 1. The van der Waals surface area contributed by atoms with Crippen LogP contribution in [0.4, 0.5) is 0 Å². The molecule has 0 spiro atoms. The molecule has 3 atom stereocenters. The molecule has 1 amide bonds. The second-order valence-electron chi connectivity index (χ2n) is 8.35. The van der Waals surface area contributed by atoms with Gasteiger partial charge in [0.15, 0.2) is 6.61 Å². The second-order valence-corrected chi connectivity index (χ2v) is 8.35. The fourth-order valence-electron chi connectivity index (χ4n) is 5.07. The van der Waals surface area contributed by atoms with Crippen LogP contribution in [0.15, 0.2) is 42.5 Å². The molecular formula is C23H32N2O2. The van der Waals surface area contributed by atoms with Gasteiger partial charge >= 0.3 is 0 Å². The maximum Gasteiger partial charge on any atom is 0.260 e. The molecular weight excluding hydrogens is 336 g/mol. The topological polar surface area (TPSA) is 32.8 Å². The fraction of sp³-hybridized carbons (Fsp3) is 0.609. The van der Waals surface area contributed by atoms with Gasteiger partial charge in [0.25, 0.3) is 5.91 Å². The Hall–Kier alpha value is -1.81. The van der Waals surface area contributed by atoms with Gasteiger partial charge in [-0.25, -0.2) is 0 Å². The minimum absolute atomic E-state index is 0.131. The molecule has 2 saturated heterocycles. The van der Waals surface area contributed by atoms with Gasteiger partial charge in [-0.15, -0.1) is 0 Å². The quantitative estimate of drug-likeness (QED) is 0.743. The predicted molar refractivity (Wildman–Crippen MR) is 108 cm³/mol. The first-order valence-electron chi connectivity index (χ1n) is 10.6. The van der Waals surface area contributed by atoms with E-state index in [1.165, 1.54) is 45.2 Å². The number of rotatable bonds is 5. The SMILES string of the molecule is O=C(COc1ccccc1)N1CC[C@H]2[C@H](CCCN2CC2CC=CCC2)C1. The number of piperidine rings is 2. The summed E-state index contributed by atoms with van der Waals surface area (Å²) in [6.07, 6.45) is 12.2. The number of nitrogens with zero attached hydrogens (tertiary/aromatic N) is 2. The summed E-state index contributed by atoms with van der Waals surface area (Å²) in [5.74, 6) is 2.36. The summed E-state index contributed by atoms with van der Waals surface area (Å²) < 4.78 is 5.67. The van der Waals surface area contributed by atoms with E-state index in [4.69, 9.17) is 4.74 Å². The molecule has 2 aliphatic heterocycles. The first-order valence-corrected chi connectivity index (χ1v) is 10.6. The van der Waals surface area contributed by atoms with Crippen LogP contribution in [0, 0.1) is 11.8 Å². The zero-order chi connectivity index (χ0) is 18.5. The fourth-order valence-corrected chi connectivity index (χ4v) is 5.07. The first-order chi connectivity index (χ1) is 13.3. The number of fused-ring (bicyclic) bond motifs is 1. The van der Waals surface area contributed by atoms with Gasteiger partial charge in [-0.2, -0.15) is 0 Å². The molecule has 1 unspecified atom stereocenters. The average molecular weight is 369 g/mol. The molecule has 0 saturated carbocycles. The number of allylic oxidation sites excluding steroid dienone is 2. The van der Waals surface area contributed by atoms with E-state index in [-0.39, 0.29) is 12.5 Å². The Morgan fingerprint density at radius 3 is 2.78 bits per heavy atom. The molecule has 4 heteroatoms. The van der Waals surface area contributed by atoms with Crippen molar-refractivity contribution in [1.82, 2.24) is 9.80 Å². The highest BCUT2D eigenvalue weighted by molar-refractivity contribution is 5.77. The molecule has 1 aromatic rings. The van der Waals surface area contributed by atoms with E-state index < -0.39 is 0 Å². The molecule has 4 rings (SSSR count). The standard InChI is InChI=1S/C23H32N2O2/c26-23(18-27-21-11-5-2-6-12-21)25-15-13-22-20(17-25)10-7-14-24(22)16-19-8-3-1-4-9-19/h1-3,5-6,11-12,19-20,22H,4,7-10,13-18H2/t19?,20-,22+/m1/s1. The molecule has 27 heavy (non-hydrogen) atoms. The van der Waals surface area contributed by atoms with Gasteiger partial charge in [0.2, 0.25) is 0 Å². The Labute approximate surface area is 163 Å². The van der Waals surface area contributed by atoms with Crippen LogP contribution < -0.4 is 4.74 Å². The van der Waals surface area contributed by atoms with E-state index in [9.17, 15) is 4.79 Å². The lowest BCUT2D eigenvalue weighted by molar-refractivity contribution is -0.137. The number of ether oxygens (including phenoxy) is 1. The van der Waals surface area contributed by atoms with Crippen LogP contribution in [0.5, 0.6) is 5.75 Å². The number of carbonyl (C=O) groups is 1. The molecule has 2 heterocycles. The van der Waals surface area contributed by atoms with E-state index in [2.05, 4.69) is 17.1 Å². The molecule has 146 valence electrons. The van der Waals surface area contributed by atoms with Crippen LogP contribution in [0.2, 0.25) is 0 Å². The Kier molecular flexibility index (Phi) is 6.13. The molecule has 3 aliphatic rings. The predicted octanol–water partition coefficient (Wildman–Crippen LogP) is 3.73. The summed E-state index contributed by atoms with van der Waals surface area (Å²) >= 11 is 0. The summed E-state index contributed by atoms with van der Waals surface area (Å²) in [5.41, 5.74) is 0. The third-order valence-electron chi connectivity index (χ3n) is 6.51. The minimum Gasteiger partial charge on any atom is -0.484 e. The number of hydrogen-bond acceptors (Lipinski definition) is 3. The van der Waals surface area contributed by atoms with Gasteiger partial charge in [-0.3, -0.25) is 9.69 Å². The van der Waals surface area contributed by atoms with E-state index in [1.807, 2.05) is 35.2 Å². The Morgan fingerprint density at radius 1 is 1.07 bits per heavy atom. The van der Waals surface area contributed by atoms with Crippen molar-refractivity contribution in [3.05, 3.63) is 42.5 Å². The summed E-state index contributed by atoms with van der Waals surface area (Å²) in [5, 5.41) is 0. The molecule has 1 aromatic carbocycles. The van der Waals surface area contributed by atoms with Gasteiger partial charge in [-0.1, -0.05) is 30.4 Å². The maximum atomic E-state index is 12.6. The highest BCUT2D eigenvalue weighted by Gasteiger charge is 2.37. The minimum atomic E-state index is 0.131. The maximum absolute atomic E-state index is 12.6. The van der Waals surface area contributed by atoms with Gasteiger partial charge < -0.3 is 9.64 Å². The average Bonchev–Trinajstić information content (AvgIpc) is 2.73. The van der Waals surface area contributed by atoms with Crippen LogP contribution in [0.3, 0.4) is 0 Å². The summed E-state index contributed by atoms with van der Waals surface area (Å²) in [4.78, 5) is 17.4. The van der Waals surface area contributed by atoms with Gasteiger partial charge in [0.1, 0.15) is 5.75 Å². The highest BCUT2D eigenvalue weighted by atomic mass is 16.5. The van der Waals surface area contributed by atoms with E-state index in [1.54, 1.807) is 0 Å². The number of benzene rings is 1. The van der Waals surface area contributed by atoms with Gasteiger partial charge in [0.05, 0.1) is 0 Å². The molecule has 0 radical (unpaired) electrons. The van der Waals surface area contributed by atoms with Crippen LogP contribution in [-0.4, -0.2) is 54.5 Å². The van der Waals surface area contributed by atoms with Crippen molar-refractivity contribution < 1.29 is 9.53 Å². The summed E-state index contributed by atoms with van der Waals surface area (Å²) in [7, 11) is 0. The van der Waals surface area contributed by atoms with Gasteiger partial charge in [-0.05, 0) is 69.0 Å². The molecule has 2 fully saturated rings. The zero-order valence-electron chi connectivity index (χ0n) is 16.3. The highest BCUT2D eigenvalue weighted by Crippen LogP contribution is 2.32. The van der Waals surface area contributed by atoms with E-state index >= 15 is 0 Å². The van der Waals surface area contributed by atoms with Crippen LogP contribution in [0.25, 0.3) is 0 Å². The third kappa shape index (κ3) is 4.73. The largest absolute Gasteiger partial charge is 0.484 e. The molecule has 1 aliphatic carbocycles. The van der Waals surface area contributed by atoms with Crippen molar-refractivity contribution in [3.8, 4) is 5.75 Å². The summed E-state index contributed by atoms with van der Waals surface area (Å²) in [6, 6.07) is 10.3. The van der Waals surface area contributed by atoms with Gasteiger partial charge in [0, 0.05) is 25.7 Å². The van der Waals surface area contributed by atoms with Crippen LogP contribution in [-0.2, 0) is 4.79 Å². The molecule has 0 N–H and O–H groups in total. The number of likely N-dealkylation sites (tertiary alicyclic amines) is 2. The number of para-hydroxylation sites is 1. The van der Waals surface area contributed by atoms with Crippen molar-refractivity contribution in [2.75, 3.05) is 32.8 Å². The van der Waals surface area contributed by atoms with Crippen LogP contribution >= 0.6 is 0 Å². The van der Waals surface area contributed by atoms with E-state index in [0.717, 1.165) is 31.2 Å². The third-order valence-corrected chi connectivity index (χ3v) is 6.51. The Bertz CT molecular complexity index is 645. The van der Waals surface area contributed by atoms with Crippen molar-refractivity contribution in [2.45, 2.75) is 44.6 Å². The lowest BCUT2D eigenvalue weighted by Crippen LogP contribution is -2.56.